The Morgan fingerprint density at radius 2 is 1.50 bits per heavy atom. The van der Waals surface area contributed by atoms with Crippen molar-refractivity contribution in [1.29, 1.82) is 0 Å². The van der Waals surface area contributed by atoms with E-state index in [4.69, 9.17) is 4.98 Å². The standard InChI is InChI=1S/C36H25N2S.Ir/c1-36(2)28-14-5-6-15-30(28)38-31-16-7-8-17-32(31)39-33-22-26(21-29(36)35(33)38)24-11-9-12-25(20-24)34-27-13-4-3-10-23(27)18-19-37-34;/h3-11,13-22H,1-2H3;/q-1;. The Morgan fingerprint density at radius 3 is 2.40 bits per heavy atom. The van der Waals surface area contributed by atoms with Crippen molar-refractivity contribution < 1.29 is 20.1 Å². The molecule has 8 rings (SSSR count). The zero-order valence-electron chi connectivity index (χ0n) is 22.1. The van der Waals surface area contributed by atoms with Gasteiger partial charge in [-0.3, -0.25) is 0 Å². The van der Waals surface area contributed by atoms with Crippen LogP contribution in [-0.4, -0.2) is 4.98 Å². The fraction of sp³-hybridized carbons (Fsp3) is 0.0833. The summed E-state index contributed by atoms with van der Waals surface area (Å²) in [6.45, 7) is 4.72. The van der Waals surface area contributed by atoms with Gasteiger partial charge in [0.15, 0.2) is 0 Å². The number of hydrogen-bond donors (Lipinski definition) is 0. The van der Waals surface area contributed by atoms with Gasteiger partial charge in [0.1, 0.15) is 0 Å². The molecule has 0 N–H and O–H groups in total. The number of anilines is 3. The van der Waals surface area contributed by atoms with Crippen LogP contribution >= 0.6 is 11.8 Å². The number of hydrogen-bond acceptors (Lipinski definition) is 3. The van der Waals surface area contributed by atoms with Gasteiger partial charge in [-0.15, -0.1) is 35.4 Å². The Balaban J connectivity index is 0.00000264. The fourth-order valence-electron chi connectivity index (χ4n) is 6.24. The van der Waals surface area contributed by atoms with Gasteiger partial charge in [0.25, 0.3) is 0 Å². The maximum absolute atomic E-state index is 4.77. The molecule has 5 aromatic carbocycles. The third-order valence-electron chi connectivity index (χ3n) is 8.18. The normalized spacial score (nSPS) is 14.1. The third kappa shape index (κ3) is 3.71. The smallest absolute Gasteiger partial charge is 0.0643 e. The first-order chi connectivity index (χ1) is 19.1. The van der Waals surface area contributed by atoms with Gasteiger partial charge in [0.2, 0.25) is 0 Å². The van der Waals surface area contributed by atoms with Crippen LogP contribution < -0.4 is 4.90 Å². The molecule has 0 saturated heterocycles. The Morgan fingerprint density at radius 1 is 0.725 bits per heavy atom. The molecule has 0 spiro atoms. The molecule has 0 amide bonds. The maximum Gasteiger partial charge on any atom is 0.0643 e. The van der Waals surface area contributed by atoms with Crippen molar-refractivity contribution in [3.05, 3.63) is 133 Å². The summed E-state index contributed by atoms with van der Waals surface area (Å²) in [5.74, 6) is 0. The van der Waals surface area contributed by atoms with Crippen LogP contribution in [0.3, 0.4) is 0 Å². The summed E-state index contributed by atoms with van der Waals surface area (Å²) in [5, 5.41) is 2.34. The number of rotatable bonds is 2. The maximum atomic E-state index is 4.77. The van der Waals surface area contributed by atoms with Crippen LogP contribution in [0.15, 0.2) is 125 Å². The van der Waals surface area contributed by atoms with E-state index in [1.807, 2.05) is 24.0 Å². The molecule has 40 heavy (non-hydrogen) atoms. The van der Waals surface area contributed by atoms with E-state index in [1.165, 1.54) is 54.5 Å². The van der Waals surface area contributed by atoms with Crippen molar-refractivity contribution in [3.8, 4) is 22.4 Å². The molecule has 0 fully saturated rings. The molecule has 2 aliphatic heterocycles. The number of aromatic nitrogens is 1. The van der Waals surface area contributed by atoms with Crippen molar-refractivity contribution in [3.63, 3.8) is 0 Å². The minimum absolute atomic E-state index is 0. The average molecular weight is 710 g/mol. The molecule has 1 aromatic heterocycles. The zero-order valence-corrected chi connectivity index (χ0v) is 25.3. The molecule has 1 radical (unpaired) electrons. The molecule has 195 valence electrons. The van der Waals surface area contributed by atoms with E-state index in [-0.39, 0.29) is 25.5 Å². The summed E-state index contributed by atoms with van der Waals surface area (Å²) in [7, 11) is 0. The van der Waals surface area contributed by atoms with Crippen molar-refractivity contribution in [2.45, 2.75) is 29.1 Å². The minimum atomic E-state index is -0.138. The molecule has 2 aliphatic rings. The van der Waals surface area contributed by atoms with Crippen LogP contribution in [0.5, 0.6) is 0 Å². The van der Waals surface area contributed by atoms with Crippen LogP contribution in [0.1, 0.15) is 25.0 Å². The topological polar surface area (TPSA) is 16.1 Å². The second-order valence-electron chi connectivity index (χ2n) is 10.8. The largest absolute Gasteiger partial charge is 0.308 e. The van der Waals surface area contributed by atoms with Gasteiger partial charge >= 0.3 is 0 Å². The first-order valence-corrected chi connectivity index (χ1v) is 14.1. The number of nitrogens with zero attached hydrogens (tertiary/aromatic N) is 2. The van der Waals surface area contributed by atoms with Gasteiger partial charge in [0, 0.05) is 41.5 Å². The Kier molecular flexibility index (Phi) is 5.98. The van der Waals surface area contributed by atoms with Gasteiger partial charge in [-0.25, -0.2) is 0 Å². The molecule has 6 aromatic rings. The fourth-order valence-corrected chi connectivity index (χ4v) is 7.37. The SMILES string of the molecule is CC1(C)c2ccccc2N2c3ccccc3Sc3cc(-c4cc[c-]c(-c5nccc6ccccc56)c4)cc1c32.[Ir]. The van der Waals surface area contributed by atoms with Gasteiger partial charge in [0.05, 0.1) is 17.1 Å². The van der Waals surface area contributed by atoms with Gasteiger partial charge in [-0.1, -0.05) is 80.2 Å². The number of para-hydroxylation sites is 2. The molecule has 0 unspecified atom stereocenters. The van der Waals surface area contributed by atoms with E-state index in [2.05, 4.69) is 128 Å². The van der Waals surface area contributed by atoms with E-state index in [1.54, 1.807) is 0 Å². The second kappa shape index (κ2) is 9.45. The summed E-state index contributed by atoms with van der Waals surface area (Å²) in [5.41, 5.74) is 10.8. The molecular formula is C36H25IrN2S-. The summed E-state index contributed by atoms with van der Waals surface area (Å²) in [6.07, 6.45) is 1.89. The van der Waals surface area contributed by atoms with Gasteiger partial charge in [-0.05, 0) is 69.6 Å². The van der Waals surface area contributed by atoms with Crippen LogP contribution in [0, 0.1) is 6.07 Å². The first-order valence-electron chi connectivity index (χ1n) is 13.3. The number of fused-ring (bicyclic) bond motifs is 5. The Bertz CT molecular complexity index is 1940. The van der Waals surface area contributed by atoms with Crippen LogP contribution in [0.25, 0.3) is 33.2 Å². The second-order valence-corrected chi connectivity index (χ2v) is 11.9. The van der Waals surface area contributed by atoms with Crippen molar-refractivity contribution in [2.24, 2.45) is 0 Å². The van der Waals surface area contributed by atoms with E-state index in [9.17, 15) is 0 Å². The molecule has 4 heteroatoms. The van der Waals surface area contributed by atoms with Crippen LogP contribution in [0.2, 0.25) is 0 Å². The summed E-state index contributed by atoms with van der Waals surface area (Å²) < 4.78 is 0. The van der Waals surface area contributed by atoms with E-state index in [0.717, 1.165) is 16.6 Å². The summed E-state index contributed by atoms with van der Waals surface area (Å²) in [6, 6.07) is 42.8. The third-order valence-corrected chi connectivity index (χ3v) is 9.28. The molecule has 0 saturated carbocycles. The predicted octanol–water partition coefficient (Wildman–Crippen LogP) is 9.94. The van der Waals surface area contributed by atoms with E-state index in [0.29, 0.717) is 0 Å². The van der Waals surface area contributed by atoms with Crippen LogP contribution in [0.4, 0.5) is 17.1 Å². The summed E-state index contributed by atoms with van der Waals surface area (Å²) >= 11 is 1.87. The van der Waals surface area contributed by atoms with Gasteiger partial charge in [-0.2, -0.15) is 0 Å². The molecular weight excluding hydrogens is 685 g/mol. The molecule has 0 atom stereocenters. The molecule has 2 nitrogen and oxygen atoms in total. The van der Waals surface area contributed by atoms with Crippen molar-refractivity contribution in [1.82, 2.24) is 4.98 Å². The monoisotopic (exact) mass is 710 g/mol. The quantitative estimate of drug-likeness (QED) is 0.166. The zero-order chi connectivity index (χ0) is 26.1. The van der Waals surface area contributed by atoms with Crippen molar-refractivity contribution in [2.75, 3.05) is 4.90 Å². The van der Waals surface area contributed by atoms with Gasteiger partial charge < -0.3 is 9.88 Å². The Hall–Kier alpha value is -3.69. The average Bonchev–Trinajstić information content (AvgIpc) is 2.98. The van der Waals surface area contributed by atoms with Crippen LogP contribution in [-0.2, 0) is 25.5 Å². The molecule has 3 heterocycles. The van der Waals surface area contributed by atoms with Crippen molar-refractivity contribution >= 4 is 39.6 Å². The number of pyridine rings is 1. The van der Waals surface area contributed by atoms with E-state index >= 15 is 0 Å². The first kappa shape index (κ1) is 25.3. The number of benzene rings is 5. The molecule has 0 bridgehead atoms. The van der Waals surface area contributed by atoms with E-state index < -0.39 is 0 Å². The Labute approximate surface area is 252 Å². The predicted molar refractivity (Wildman–Crippen MR) is 162 cm³/mol. The molecule has 0 aliphatic carbocycles. The summed E-state index contributed by atoms with van der Waals surface area (Å²) in [4.78, 5) is 9.82. The minimum Gasteiger partial charge on any atom is -0.308 e.